The molecule has 1 aromatic carbocycles. The summed E-state index contributed by atoms with van der Waals surface area (Å²) in [6.45, 7) is 1.57. The summed E-state index contributed by atoms with van der Waals surface area (Å²) < 4.78 is 16.6. The quantitative estimate of drug-likeness (QED) is 0.735. The molecular formula is C24H31N3O4. The minimum absolute atomic E-state index is 0.108. The van der Waals surface area contributed by atoms with Gasteiger partial charge in [0.15, 0.2) is 0 Å². The fourth-order valence-corrected chi connectivity index (χ4v) is 4.96. The van der Waals surface area contributed by atoms with Crippen LogP contribution < -0.4 is 14.8 Å². The zero-order valence-electron chi connectivity index (χ0n) is 18.4. The van der Waals surface area contributed by atoms with E-state index < -0.39 is 0 Å². The van der Waals surface area contributed by atoms with Gasteiger partial charge in [0.2, 0.25) is 5.91 Å². The lowest BCUT2D eigenvalue weighted by molar-refractivity contribution is -0.129. The molecule has 1 saturated heterocycles. The van der Waals surface area contributed by atoms with Crippen LogP contribution in [0.4, 0.5) is 5.82 Å². The standard InChI is InChI=1S/C24H31N3O4/c1-29-19-7-8-21(30-2)16(10-19)13-24(28)27-14-17-11-20(22(31-3)12-18(17)15-27)26-23-6-4-5-9-25-23/h4-10,17-18,20,22H,11-15H2,1-3H3,(H,25,26)/t17-,18+,20-,22-/m1/s1. The lowest BCUT2D eigenvalue weighted by Crippen LogP contribution is -2.44. The molecule has 4 atom stereocenters. The number of rotatable bonds is 7. The van der Waals surface area contributed by atoms with E-state index in [1.54, 1.807) is 27.5 Å². The van der Waals surface area contributed by atoms with Crippen molar-refractivity contribution in [2.24, 2.45) is 11.8 Å². The molecule has 2 aliphatic rings. The SMILES string of the molecule is COc1ccc(OC)c(CC(=O)N2C[C@H]3C[C@@H](Nc4ccccn4)[C@H](OC)C[C@H]3C2)c1. The number of nitrogens with one attached hydrogen (secondary N) is 1. The molecule has 1 aliphatic heterocycles. The molecule has 31 heavy (non-hydrogen) atoms. The van der Waals surface area contributed by atoms with Crippen molar-refractivity contribution in [3.8, 4) is 11.5 Å². The van der Waals surface area contributed by atoms with E-state index in [2.05, 4.69) is 10.3 Å². The molecule has 0 spiro atoms. The van der Waals surface area contributed by atoms with E-state index in [9.17, 15) is 4.79 Å². The minimum atomic E-state index is 0.108. The number of benzene rings is 1. The summed E-state index contributed by atoms with van der Waals surface area (Å²) in [7, 11) is 5.02. The van der Waals surface area contributed by atoms with Gasteiger partial charge in [-0.15, -0.1) is 0 Å². The van der Waals surface area contributed by atoms with Crippen molar-refractivity contribution in [3.63, 3.8) is 0 Å². The van der Waals surface area contributed by atoms with Crippen LogP contribution in [-0.2, 0) is 16.0 Å². The molecule has 1 amide bonds. The first kappa shape index (κ1) is 21.4. The van der Waals surface area contributed by atoms with Gasteiger partial charge >= 0.3 is 0 Å². The van der Waals surface area contributed by atoms with Crippen LogP contribution in [0.2, 0.25) is 0 Å². The summed E-state index contributed by atoms with van der Waals surface area (Å²) in [5.41, 5.74) is 0.853. The van der Waals surface area contributed by atoms with Gasteiger partial charge in [0.1, 0.15) is 17.3 Å². The van der Waals surface area contributed by atoms with Crippen molar-refractivity contribution in [1.82, 2.24) is 9.88 Å². The molecule has 2 fully saturated rings. The Morgan fingerprint density at radius 2 is 1.90 bits per heavy atom. The number of fused-ring (bicyclic) bond motifs is 1. The summed E-state index contributed by atoms with van der Waals surface area (Å²) in [5.74, 6) is 3.36. The molecule has 1 aromatic heterocycles. The first-order valence-corrected chi connectivity index (χ1v) is 10.8. The third-order valence-corrected chi connectivity index (χ3v) is 6.60. The van der Waals surface area contributed by atoms with Crippen LogP contribution in [0.25, 0.3) is 0 Å². The number of aromatic nitrogens is 1. The Morgan fingerprint density at radius 3 is 2.58 bits per heavy atom. The van der Waals surface area contributed by atoms with Crippen LogP contribution in [0.3, 0.4) is 0 Å². The van der Waals surface area contributed by atoms with E-state index in [0.717, 1.165) is 43.1 Å². The van der Waals surface area contributed by atoms with Crippen molar-refractivity contribution in [2.45, 2.75) is 31.4 Å². The van der Waals surface area contributed by atoms with Gasteiger partial charge in [-0.25, -0.2) is 4.98 Å². The Morgan fingerprint density at radius 1 is 1.10 bits per heavy atom. The van der Waals surface area contributed by atoms with Crippen molar-refractivity contribution in [2.75, 3.05) is 39.7 Å². The number of carbonyl (C=O) groups excluding carboxylic acids is 1. The first-order valence-electron chi connectivity index (χ1n) is 10.8. The van der Waals surface area contributed by atoms with E-state index in [-0.39, 0.29) is 18.1 Å². The van der Waals surface area contributed by atoms with E-state index in [4.69, 9.17) is 14.2 Å². The number of hydrogen-bond donors (Lipinski definition) is 1. The Balaban J connectivity index is 1.42. The molecule has 1 aliphatic carbocycles. The van der Waals surface area contributed by atoms with Gasteiger partial charge in [0.05, 0.1) is 32.8 Å². The predicted octanol–water partition coefficient (Wildman–Crippen LogP) is 3.01. The summed E-state index contributed by atoms with van der Waals surface area (Å²) in [4.78, 5) is 19.5. The Hall–Kier alpha value is -2.80. The van der Waals surface area contributed by atoms with E-state index in [1.165, 1.54) is 0 Å². The monoisotopic (exact) mass is 425 g/mol. The third-order valence-electron chi connectivity index (χ3n) is 6.60. The number of amides is 1. The smallest absolute Gasteiger partial charge is 0.227 e. The van der Waals surface area contributed by atoms with Crippen LogP contribution in [0.1, 0.15) is 18.4 Å². The minimum Gasteiger partial charge on any atom is -0.497 e. The van der Waals surface area contributed by atoms with Gasteiger partial charge in [-0.05, 0) is 55.0 Å². The lowest BCUT2D eigenvalue weighted by Gasteiger charge is -2.37. The molecule has 0 unspecified atom stereocenters. The molecule has 0 radical (unpaired) electrons. The number of anilines is 1. The van der Waals surface area contributed by atoms with Crippen LogP contribution in [0.15, 0.2) is 42.6 Å². The number of ether oxygens (including phenoxy) is 3. The van der Waals surface area contributed by atoms with Crippen molar-refractivity contribution in [3.05, 3.63) is 48.2 Å². The zero-order chi connectivity index (χ0) is 21.8. The highest BCUT2D eigenvalue weighted by atomic mass is 16.5. The molecule has 7 nitrogen and oxygen atoms in total. The van der Waals surface area contributed by atoms with Crippen LogP contribution in [0.5, 0.6) is 11.5 Å². The van der Waals surface area contributed by atoms with E-state index >= 15 is 0 Å². The largest absolute Gasteiger partial charge is 0.497 e. The maximum absolute atomic E-state index is 13.1. The van der Waals surface area contributed by atoms with E-state index in [1.807, 2.05) is 41.3 Å². The van der Waals surface area contributed by atoms with Crippen molar-refractivity contribution < 1.29 is 19.0 Å². The molecule has 1 N–H and O–H groups in total. The average molecular weight is 426 g/mol. The lowest BCUT2D eigenvalue weighted by atomic mass is 9.77. The second kappa shape index (κ2) is 9.56. The summed E-state index contributed by atoms with van der Waals surface area (Å²) in [6, 6.07) is 11.6. The van der Waals surface area contributed by atoms with Crippen LogP contribution in [0, 0.1) is 11.8 Å². The topological polar surface area (TPSA) is 72.9 Å². The normalized spacial score (nSPS) is 25.1. The number of pyridine rings is 1. The third kappa shape index (κ3) is 4.77. The van der Waals surface area contributed by atoms with E-state index in [0.29, 0.717) is 24.0 Å². The summed E-state index contributed by atoms with van der Waals surface area (Å²) in [5, 5.41) is 3.54. The fraction of sp³-hybridized carbons (Fsp3) is 0.500. The molecule has 7 heteroatoms. The van der Waals surface area contributed by atoms with Gasteiger partial charge in [-0.2, -0.15) is 0 Å². The van der Waals surface area contributed by atoms with Crippen LogP contribution in [-0.4, -0.2) is 62.4 Å². The zero-order valence-corrected chi connectivity index (χ0v) is 18.4. The van der Waals surface area contributed by atoms with Crippen molar-refractivity contribution >= 4 is 11.7 Å². The molecule has 4 rings (SSSR count). The highest BCUT2D eigenvalue weighted by Gasteiger charge is 2.43. The maximum Gasteiger partial charge on any atom is 0.227 e. The predicted molar refractivity (Wildman–Crippen MR) is 118 cm³/mol. The Labute approximate surface area is 183 Å². The number of carbonyl (C=O) groups is 1. The fourth-order valence-electron chi connectivity index (χ4n) is 4.96. The molecule has 0 bridgehead atoms. The summed E-state index contributed by atoms with van der Waals surface area (Å²) >= 11 is 0. The highest BCUT2D eigenvalue weighted by molar-refractivity contribution is 5.80. The molecular weight excluding hydrogens is 394 g/mol. The molecule has 1 saturated carbocycles. The maximum atomic E-state index is 13.1. The van der Waals surface area contributed by atoms with Crippen LogP contribution >= 0.6 is 0 Å². The number of nitrogens with zero attached hydrogens (tertiary/aromatic N) is 2. The Bertz CT molecular complexity index is 892. The number of methoxy groups -OCH3 is 3. The van der Waals surface area contributed by atoms with Gasteiger partial charge in [0.25, 0.3) is 0 Å². The summed E-state index contributed by atoms with van der Waals surface area (Å²) in [6.07, 6.45) is 4.11. The van der Waals surface area contributed by atoms with Gasteiger partial charge < -0.3 is 24.4 Å². The molecule has 2 heterocycles. The second-order valence-electron chi connectivity index (χ2n) is 8.38. The average Bonchev–Trinajstić information content (AvgIpc) is 3.22. The Kier molecular flexibility index (Phi) is 6.61. The molecule has 166 valence electrons. The highest BCUT2D eigenvalue weighted by Crippen LogP contribution is 2.39. The molecule has 2 aromatic rings. The second-order valence-corrected chi connectivity index (χ2v) is 8.38. The first-order chi connectivity index (χ1) is 15.1. The van der Waals surface area contributed by atoms with Gasteiger partial charge in [0, 0.05) is 32.0 Å². The van der Waals surface area contributed by atoms with Gasteiger partial charge in [-0.1, -0.05) is 6.07 Å². The number of likely N-dealkylation sites (tertiary alicyclic amines) is 1. The number of hydrogen-bond acceptors (Lipinski definition) is 6. The van der Waals surface area contributed by atoms with Gasteiger partial charge in [-0.3, -0.25) is 4.79 Å². The van der Waals surface area contributed by atoms with Crippen molar-refractivity contribution in [1.29, 1.82) is 0 Å².